The Hall–Kier alpha value is -2.84. The van der Waals surface area contributed by atoms with E-state index in [4.69, 9.17) is 9.47 Å². The standard InChI is InChI=1S/C21H31N3O6/c1-6-15(14-19(25)29-5)16-7-8-17(18(13-16)24(27)28)22-9-11-23(12-10-22)20(26)30-21(2,3)4/h7-8,13,15H,6,9-12,14H2,1-5H3. The minimum absolute atomic E-state index is 0.00142. The van der Waals surface area contributed by atoms with E-state index >= 15 is 0 Å². The van der Waals surface area contributed by atoms with Crippen molar-refractivity contribution < 1.29 is 24.0 Å². The van der Waals surface area contributed by atoms with E-state index in [9.17, 15) is 19.7 Å². The smallest absolute Gasteiger partial charge is 0.410 e. The average Bonchev–Trinajstić information content (AvgIpc) is 2.70. The van der Waals surface area contributed by atoms with E-state index in [1.54, 1.807) is 17.0 Å². The molecule has 1 aliphatic heterocycles. The van der Waals surface area contributed by atoms with Gasteiger partial charge in [0.2, 0.25) is 0 Å². The summed E-state index contributed by atoms with van der Waals surface area (Å²) in [6.45, 7) is 9.17. The van der Waals surface area contributed by atoms with Gasteiger partial charge in [0.25, 0.3) is 5.69 Å². The number of carbonyl (C=O) groups is 2. The number of hydrogen-bond donors (Lipinski definition) is 0. The van der Waals surface area contributed by atoms with E-state index in [-0.39, 0.29) is 30.1 Å². The van der Waals surface area contributed by atoms with Crippen LogP contribution in [0.3, 0.4) is 0 Å². The zero-order valence-electron chi connectivity index (χ0n) is 18.3. The first kappa shape index (κ1) is 23.4. The normalized spacial score (nSPS) is 15.5. The molecule has 0 aliphatic carbocycles. The number of nitro benzene ring substituents is 1. The number of ether oxygens (including phenoxy) is 2. The molecule has 1 amide bonds. The van der Waals surface area contributed by atoms with Crippen LogP contribution in [0.4, 0.5) is 16.2 Å². The molecule has 1 unspecified atom stereocenters. The van der Waals surface area contributed by atoms with E-state index in [1.165, 1.54) is 7.11 Å². The zero-order valence-corrected chi connectivity index (χ0v) is 18.3. The Kier molecular flexibility index (Phi) is 7.64. The van der Waals surface area contributed by atoms with Crippen LogP contribution >= 0.6 is 0 Å². The molecule has 9 heteroatoms. The minimum atomic E-state index is -0.567. The molecule has 1 aromatic carbocycles. The molecule has 1 aliphatic rings. The fourth-order valence-electron chi connectivity index (χ4n) is 3.45. The quantitative estimate of drug-likeness (QED) is 0.392. The number of piperazine rings is 1. The first-order valence-corrected chi connectivity index (χ1v) is 10.1. The summed E-state index contributed by atoms with van der Waals surface area (Å²) in [6, 6.07) is 5.11. The van der Waals surface area contributed by atoms with E-state index < -0.39 is 10.5 Å². The molecule has 0 spiro atoms. The van der Waals surface area contributed by atoms with Crippen LogP contribution in [0.25, 0.3) is 0 Å². The maximum atomic E-state index is 12.2. The molecule has 0 radical (unpaired) electrons. The highest BCUT2D eigenvalue weighted by atomic mass is 16.6. The summed E-state index contributed by atoms with van der Waals surface area (Å²) < 4.78 is 10.1. The molecular weight excluding hydrogens is 390 g/mol. The number of nitrogens with zero attached hydrogens (tertiary/aromatic N) is 3. The van der Waals surface area contributed by atoms with Crippen LogP contribution in [-0.2, 0) is 14.3 Å². The lowest BCUT2D eigenvalue weighted by Gasteiger charge is -2.36. The van der Waals surface area contributed by atoms with E-state index in [1.807, 2.05) is 38.7 Å². The Morgan fingerprint density at radius 1 is 1.20 bits per heavy atom. The van der Waals surface area contributed by atoms with Crippen LogP contribution in [-0.4, -0.2) is 60.8 Å². The van der Waals surface area contributed by atoms with Gasteiger partial charge in [0.05, 0.1) is 18.5 Å². The Morgan fingerprint density at radius 3 is 2.33 bits per heavy atom. The summed E-state index contributed by atoms with van der Waals surface area (Å²) in [5.74, 6) is -0.485. The summed E-state index contributed by atoms with van der Waals surface area (Å²) in [5, 5.41) is 11.7. The van der Waals surface area contributed by atoms with Crippen molar-refractivity contribution >= 4 is 23.4 Å². The lowest BCUT2D eigenvalue weighted by Crippen LogP contribution is -2.50. The zero-order chi connectivity index (χ0) is 22.5. The summed E-state index contributed by atoms with van der Waals surface area (Å²) in [4.78, 5) is 38.8. The van der Waals surface area contributed by atoms with Crippen LogP contribution < -0.4 is 4.90 Å². The highest BCUT2D eigenvalue weighted by molar-refractivity contribution is 5.72. The van der Waals surface area contributed by atoms with Crippen molar-refractivity contribution in [2.75, 3.05) is 38.2 Å². The number of rotatable bonds is 6. The van der Waals surface area contributed by atoms with Crippen molar-refractivity contribution in [1.29, 1.82) is 0 Å². The minimum Gasteiger partial charge on any atom is -0.469 e. The molecule has 1 atom stereocenters. The van der Waals surface area contributed by atoms with Crippen LogP contribution in [0.15, 0.2) is 18.2 Å². The van der Waals surface area contributed by atoms with Crippen LogP contribution in [0.5, 0.6) is 0 Å². The van der Waals surface area contributed by atoms with E-state index in [0.29, 0.717) is 38.3 Å². The number of esters is 1. The van der Waals surface area contributed by atoms with Gasteiger partial charge in [-0.1, -0.05) is 13.0 Å². The average molecular weight is 421 g/mol. The molecule has 1 saturated heterocycles. The lowest BCUT2D eigenvalue weighted by atomic mass is 9.92. The van der Waals surface area contributed by atoms with Crippen molar-refractivity contribution in [3.8, 4) is 0 Å². The van der Waals surface area contributed by atoms with Crippen molar-refractivity contribution in [3.05, 3.63) is 33.9 Å². The van der Waals surface area contributed by atoms with Gasteiger partial charge < -0.3 is 19.3 Å². The topological polar surface area (TPSA) is 102 Å². The number of nitro groups is 1. The summed E-state index contributed by atoms with van der Waals surface area (Å²) >= 11 is 0. The lowest BCUT2D eigenvalue weighted by molar-refractivity contribution is -0.384. The largest absolute Gasteiger partial charge is 0.469 e. The van der Waals surface area contributed by atoms with E-state index in [0.717, 1.165) is 5.56 Å². The van der Waals surface area contributed by atoms with Gasteiger partial charge in [0, 0.05) is 32.2 Å². The Bertz CT molecular complexity index is 781. The van der Waals surface area contributed by atoms with Crippen molar-refractivity contribution in [2.45, 2.75) is 52.1 Å². The monoisotopic (exact) mass is 421 g/mol. The molecule has 2 rings (SSSR count). The Labute approximate surface area is 177 Å². The van der Waals surface area contributed by atoms with Gasteiger partial charge in [-0.15, -0.1) is 0 Å². The van der Waals surface area contributed by atoms with Crippen molar-refractivity contribution in [3.63, 3.8) is 0 Å². The number of hydrogen-bond acceptors (Lipinski definition) is 7. The number of anilines is 1. The molecule has 0 saturated carbocycles. The molecule has 30 heavy (non-hydrogen) atoms. The molecule has 1 aromatic rings. The van der Waals surface area contributed by atoms with Gasteiger partial charge >= 0.3 is 12.1 Å². The first-order chi connectivity index (χ1) is 14.1. The fraction of sp³-hybridized carbons (Fsp3) is 0.619. The molecular formula is C21H31N3O6. The summed E-state index contributed by atoms with van der Waals surface area (Å²) in [7, 11) is 1.33. The first-order valence-electron chi connectivity index (χ1n) is 10.1. The number of methoxy groups -OCH3 is 1. The predicted molar refractivity (Wildman–Crippen MR) is 113 cm³/mol. The number of amides is 1. The van der Waals surface area contributed by atoms with Crippen molar-refractivity contribution in [1.82, 2.24) is 4.90 Å². The molecule has 1 fully saturated rings. The molecule has 9 nitrogen and oxygen atoms in total. The van der Waals surface area contributed by atoms with Gasteiger partial charge in [-0.05, 0) is 44.7 Å². The van der Waals surface area contributed by atoms with Gasteiger partial charge in [0.1, 0.15) is 11.3 Å². The Balaban J connectivity index is 2.15. The van der Waals surface area contributed by atoms with E-state index in [2.05, 4.69) is 0 Å². The molecule has 166 valence electrons. The van der Waals surface area contributed by atoms with Gasteiger partial charge in [0.15, 0.2) is 0 Å². The Morgan fingerprint density at radius 2 is 1.83 bits per heavy atom. The highest BCUT2D eigenvalue weighted by Crippen LogP contribution is 2.34. The van der Waals surface area contributed by atoms with Crippen LogP contribution in [0.2, 0.25) is 0 Å². The third kappa shape index (κ3) is 6.08. The maximum absolute atomic E-state index is 12.2. The van der Waals surface area contributed by atoms with Crippen molar-refractivity contribution in [2.24, 2.45) is 0 Å². The molecule has 1 heterocycles. The molecule has 0 bridgehead atoms. The maximum Gasteiger partial charge on any atom is 0.410 e. The van der Waals surface area contributed by atoms with Gasteiger partial charge in [-0.2, -0.15) is 0 Å². The fourth-order valence-corrected chi connectivity index (χ4v) is 3.45. The van der Waals surface area contributed by atoms with Gasteiger partial charge in [-0.25, -0.2) is 4.79 Å². The second-order valence-corrected chi connectivity index (χ2v) is 8.35. The number of carbonyl (C=O) groups excluding carboxylic acids is 2. The summed E-state index contributed by atoms with van der Waals surface area (Å²) in [6.07, 6.45) is 0.471. The third-order valence-electron chi connectivity index (χ3n) is 5.07. The summed E-state index contributed by atoms with van der Waals surface area (Å²) in [5.41, 5.74) is 0.691. The van der Waals surface area contributed by atoms with Gasteiger partial charge in [-0.3, -0.25) is 14.9 Å². The molecule has 0 N–H and O–H groups in total. The second kappa shape index (κ2) is 9.77. The van der Waals surface area contributed by atoms with Crippen LogP contribution in [0.1, 0.15) is 52.0 Å². The third-order valence-corrected chi connectivity index (χ3v) is 5.07. The molecule has 0 aromatic heterocycles. The van der Waals surface area contributed by atoms with Crippen LogP contribution in [0, 0.1) is 10.1 Å². The SMILES string of the molecule is CCC(CC(=O)OC)c1ccc(N2CCN(C(=O)OC(C)(C)C)CC2)c([N+](=O)[O-])c1. The second-order valence-electron chi connectivity index (χ2n) is 8.35. The number of benzene rings is 1. The highest BCUT2D eigenvalue weighted by Gasteiger charge is 2.29. The predicted octanol–water partition coefficient (Wildman–Crippen LogP) is 3.71.